The Morgan fingerprint density at radius 1 is 1.27 bits per heavy atom. The summed E-state index contributed by atoms with van der Waals surface area (Å²) in [6.07, 6.45) is 4.14. The third-order valence-corrected chi connectivity index (χ3v) is 3.40. The molecule has 0 bridgehead atoms. The van der Waals surface area contributed by atoms with Gasteiger partial charge in [-0.2, -0.15) is 0 Å². The summed E-state index contributed by atoms with van der Waals surface area (Å²) in [7, 11) is 0. The summed E-state index contributed by atoms with van der Waals surface area (Å²) in [5.74, 6) is 0.330. The molecule has 1 amide bonds. The SMILES string of the molecule is NC1CCCN(CCN2CCCC2=O)C1. The van der Waals surface area contributed by atoms with E-state index in [2.05, 4.69) is 4.90 Å². The molecule has 1 unspecified atom stereocenters. The first-order valence-corrected chi connectivity index (χ1v) is 6.01. The van der Waals surface area contributed by atoms with Crippen molar-refractivity contribution >= 4 is 5.91 Å². The fourth-order valence-corrected chi connectivity index (χ4v) is 2.50. The number of amides is 1. The molecule has 0 spiro atoms. The van der Waals surface area contributed by atoms with Gasteiger partial charge in [0.2, 0.25) is 5.91 Å². The van der Waals surface area contributed by atoms with Gasteiger partial charge in [-0.05, 0) is 25.8 Å². The zero-order valence-corrected chi connectivity index (χ0v) is 9.32. The van der Waals surface area contributed by atoms with E-state index in [1.807, 2.05) is 4.90 Å². The molecule has 4 heteroatoms. The topological polar surface area (TPSA) is 49.6 Å². The van der Waals surface area contributed by atoms with Crippen molar-refractivity contribution in [2.24, 2.45) is 5.73 Å². The Morgan fingerprint density at radius 3 is 2.80 bits per heavy atom. The molecule has 0 aromatic carbocycles. The van der Waals surface area contributed by atoms with Crippen molar-refractivity contribution in [1.82, 2.24) is 9.80 Å². The van der Waals surface area contributed by atoms with Crippen molar-refractivity contribution in [2.75, 3.05) is 32.7 Å². The van der Waals surface area contributed by atoms with Gasteiger partial charge in [0.25, 0.3) is 0 Å². The first-order chi connectivity index (χ1) is 7.25. The number of nitrogens with zero attached hydrogens (tertiary/aromatic N) is 2. The summed E-state index contributed by atoms with van der Waals surface area (Å²) < 4.78 is 0. The van der Waals surface area contributed by atoms with E-state index in [0.29, 0.717) is 11.9 Å². The fraction of sp³-hybridized carbons (Fsp3) is 0.909. The molecule has 1 atom stereocenters. The highest BCUT2D eigenvalue weighted by atomic mass is 16.2. The van der Waals surface area contributed by atoms with Crippen LogP contribution >= 0.6 is 0 Å². The Balaban J connectivity index is 1.70. The molecule has 0 radical (unpaired) electrons. The molecule has 0 aromatic rings. The van der Waals surface area contributed by atoms with Gasteiger partial charge in [-0.15, -0.1) is 0 Å². The van der Waals surface area contributed by atoms with Crippen LogP contribution in [-0.2, 0) is 4.79 Å². The third-order valence-electron chi connectivity index (χ3n) is 3.40. The minimum atomic E-state index is 0.330. The van der Waals surface area contributed by atoms with Gasteiger partial charge in [-0.3, -0.25) is 4.79 Å². The van der Waals surface area contributed by atoms with Crippen molar-refractivity contribution < 1.29 is 4.79 Å². The average molecular weight is 211 g/mol. The van der Waals surface area contributed by atoms with Crippen LogP contribution in [0, 0.1) is 0 Å². The minimum Gasteiger partial charge on any atom is -0.341 e. The largest absolute Gasteiger partial charge is 0.341 e. The Labute approximate surface area is 91.4 Å². The molecule has 0 aliphatic carbocycles. The van der Waals surface area contributed by atoms with Crippen molar-refractivity contribution in [3.8, 4) is 0 Å². The molecule has 4 nitrogen and oxygen atoms in total. The molecule has 0 saturated carbocycles. The number of rotatable bonds is 3. The molecule has 0 aromatic heterocycles. The van der Waals surface area contributed by atoms with Crippen LogP contribution in [0.25, 0.3) is 0 Å². The van der Waals surface area contributed by atoms with E-state index in [1.54, 1.807) is 0 Å². The maximum atomic E-state index is 11.4. The van der Waals surface area contributed by atoms with Gasteiger partial charge in [0.15, 0.2) is 0 Å². The minimum absolute atomic E-state index is 0.330. The van der Waals surface area contributed by atoms with Gasteiger partial charge in [-0.25, -0.2) is 0 Å². The Kier molecular flexibility index (Phi) is 3.59. The molecule has 2 aliphatic heterocycles. The van der Waals surface area contributed by atoms with Crippen LogP contribution in [0.3, 0.4) is 0 Å². The predicted molar refractivity (Wildman–Crippen MR) is 59.5 cm³/mol. The predicted octanol–water partition coefficient (Wildman–Crippen LogP) is 0.0319. The summed E-state index contributed by atoms with van der Waals surface area (Å²) in [6.45, 7) is 5.00. The molecule has 2 saturated heterocycles. The summed E-state index contributed by atoms with van der Waals surface area (Å²) >= 11 is 0. The van der Waals surface area contributed by atoms with Gasteiger partial charge in [0.05, 0.1) is 0 Å². The van der Waals surface area contributed by atoms with Crippen LogP contribution in [0.5, 0.6) is 0 Å². The van der Waals surface area contributed by atoms with Crippen molar-refractivity contribution in [3.63, 3.8) is 0 Å². The number of hydrogen-bond donors (Lipinski definition) is 1. The Bertz CT molecular complexity index is 232. The monoisotopic (exact) mass is 211 g/mol. The molecule has 15 heavy (non-hydrogen) atoms. The summed E-state index contributed by atoms with van der Waals surface area (Å²) in [5.41, 5.74) is 5.91. The zero-order valence-electron chi connectivity index (χ0n) is 9.32. The van der Waals surface area contributed by atoms with Crippen LogP contribution in [-0.4, -0.2) is 54.5 Å². The van der Waals surface area contributed by atoms with E-state index in [4.69, 9.17) is 5.73 Å². The van der Waals surface area contributed by atoms with E-state index < -0.39 is 0 Å². The number of carbonyl (C=O) groups excluding carboxylic acids is 1. The fourth-order valence-electron chi connectivity index (χ4n) is 2.50. The molecule has 2 aliphatic rings. The Morgan fingerprint density at radius 2 is 2.13 bits per heavy atom. The van der Waals surface area contributed by atoms with Crippen LogP contribution in [0.15, 0.2) is 0 Å². The number of likely N-dealkylation sites (tertiary alicyclic amines) is 2. The van der Waals surface area contributed by atoms with Crippen LogP contribution < -0.4 is 5.73 Å². The number of piperidine rings is 1. The van der Waals surface area contributed by atoms with E-state index in [0.717, 1.165) is 52.0 Å². The summed E-state index contributed by atoms with van der Waals surface area (Å²) in [6, 6.07) is 0.341. The number of nitrogens with two attached hydrogens (primary N) is 1. The zero-order chi connectivity index (χ0) is 10.7. The van der Waals surface area contributed by atoms with Crippen LogP contribution in [0.2, 0.25) is 0 Å². The lowest BCUT2D eigenvalue weighted by Crippen LogP contribution is -2.45. The van der Waals surface area contributed by atoms with Crippen molar-refractivity contribution in [2.45, 2.75) is 31.7 Å². The first-order valence-electron chi connectivity index (χ1n) is 6.01. The lowest BCUT2D eigenvalue weighted by atomic mass is 10.1. The van der Waals surface area contributed by atoms with Gasteiger partial charge in [-0.1, -0.05) is 0 Å². The second-order valence-electron chi connectivity index (χ2n) is 4.69. The normalized spacial score (nSPS) is 28.7. The standard InChI is InChI=1S/C11H21N3O/c12-10-3-1-5-13(9-10)7-8-14-6-2-4-11(14)15/h10H,1-9,12H2. The lowest BCUT2D eigenvalue weighted by Gasteiger charge is -2.31. The highest BCUT2D eigenvalue weighted by Crippen LogP contribution is 2.11. The maximum Gasteiger partial charge on any atom is 0.222 e. The Hall–Kier alpha value is -0.610. The third kappa shape index (κ3) is 2.92. The van der Waals surface area contributed by atoms with Gasteiger partial charge in [0, 0.05) is 38.6 Å². The molecule has 86 valence electrons. The summed E-state index contributed by atoms with van der Waals surface area (Å²) in [5, 5.41) is 0. The molecule has 2 rings (SSSR count). The van der Waals surface area contributed by atoms with Crippen molar-refractivity contribution in [3.05, 3.63) is 0 Å². The van der Waals surface area contributed by atoms with Gasteiger partial charge in [0.1, 0.15) is 0 Å². The van der Waals surface area contributed by atoms with E-state index in [1.165, 1.54) is 6.42 Å². The second kappa shape index (κ2) is 4.94. The van der Waals surface area contributed by atoms with Gasteiger partial charge >= 0.3 is 0 Å². The van der Waals surface area contributed by atoms with Crippen LogP contribution in [0.1, 0.15) is 25.7 Å². The highest BCUT2D eigenvalue weighted by molar-refractivity contribution is 5.78. The van der Waals surface area contributed by atoms with Gasteiger partial charge < -0.3 is 15.5 Å². The van der Waals surface area contributed by atoms with E-state index >= 15 is 0 Å². The number of carbonyl (C=O) groups is 1. The van der Waals surface area contributed by atoms with Crippen molar-refractivity contribution in [1.29, 1.82) is 0 Å². The molecule has 2 N–H and O–H groups in total. The maximum absolute atomic E-state index is 11.4. The molecular weight excluding hydrogens is 190 g/mol. The first kappa shape index (κ1) is 10.9. The lowest BCUT2D eigenvalue weighted by molar-refractivity contribution is -0.127. The molecule has 2 heterocycles. The summed E-state index contributed by atoms with van der Waals surface area (Å²) in [4.78, 5) is 15.8. The van der Waals surface area contributed by atoms with Crippen LogP contribution in [0.4, 0.5) is 0 Å². The second-order valence-corrected chi connectivity index (χ2v) is 4.69. The van der Waals surface area contributed by atoms with E-state index in [-0.39, 0.29) is 0 Å². The smallest absolute Gasteiger partial charge is 0.222 e. The van der Waals surface area contributed by atoms with E-state index in [9.17, 15) is 4.79 Å². The number of hydrogen-bond acceptors (Lipinski definition) is 3. The quantitative estimate of drug-likeness (QED) is 0.716. The average Bonchev–Trinajstić information content (AvgIpc) is 2.61. The molecular formula is C11H21N3O. The highest BCUT2D eigenvalue weighted by Gasteiger charge is 2.22. The molecule has 2 fully saturated rings.